The van der Waals surface area contributed by atoms with Crippen molar-refractivity contribution in [3.05, 3.63) is 28.1 Å². The molecule has 0 spiro atoms. The van der Waals surface area contributed by atoms with Crippen LogP contribution in [0.5, 0.6) is 0 Å². The molecule has 0 amide bonds. The van der Waals surface area contributed by atoms with Crippen LogP contribution in [0.4, 0.5) is 0 Å². The third kappa shape index (κ3) is 8.90. The van der Waals surface area contributed by atoms with Crippen LogP contribution in [0.3, 0.4) is 0 Å². The van der Waals surface area contributed by atoms with Crippen molar-refractivity contribution in [2.45, 2.75) is 102 Å². The van der Waals surface area contributed by atoms with Gasteiger partial charge in [0.25, 0.3) is 0 Å². The number of rotatable bonds is 4. The van der Waals surface area contributed by atoms with Crippen molar-refractivity contribution in [3.63, 3.8) is 0 Å². The Labute approximate surface area is 135 Å². The number of hydrogen-bond acceptors (Lipinski definition) is 1. The molecular weight excluding hydrogens is 254 g/mol. The summed E-state index contributed by atoms with van der Waals surface area (Å²) < 4.78 is 0. The molecule has 0 unspecified atom stereocenters. The summed E-state index contributed by atoms with van der Waals surface area (Å²) in [5.74, 6) is 0. The number of nitrogens with zero attached hydrogens (tertiary/aromatic N) is 1. The minimum Gasteiger partial charge on any atom is -0.258 e. The number of aryl methyl sites for hydroxylation is 2. The van der Waals surface area contributed by atoms with Crippen molar-refractivity contribution < 1.29 is 0 Å². The normalized spacial score (nSPS) is 8.52. The first-order valence-corrected chi connectivity index (χ1v) is 9.07. The van der Waals surface area contributed by atoms with Crippen molar-refractivity contribution in [2.75, 3.05) is 0 Å². The van der Waals surface area contributed by atoms with Gasteiger partial charge < -0.3 is 0 Å². The highest BCUT2D eigenvalue weighted by Crippen LogP contribution is 2.22. The molecule has 0 aliphatic carbocycles. The maximum absolute atomic E-state index is 4.67. The number of hydrogen-bond donors (Lipinski definition) is 0. The zero-order valence-corrected chi connectivity index (χ0v) is 16.8. The molecule has 0 aromatic carbocycles. The Balaban J connectivity index is -0.000000478. The Morgan fingerprint density at radius 1 is 0.619 bits per heavy atom. The highest BCUT2D eigenvalue weighted by molar-refractivity contribution is 5.39. The smallest absolute Gasteiger partial charge is 0.0410 e. The van der Waals surface area contributed by atoms with Crippen LogP contribution in [0.25, 0.3) is 0 Å². The Bertz CT molecular complexity index is 310. The van der Waals surface area contributed by atoms with Crippen molar-refractivity contribution in [3.8, 4) is 0 Å². The molecule has 0 aliphatic rings. The average Bonchev–Trinajstić information content (AvgIpc) is 2.54. The van der Waals surface area contributed by atoms with E-state index in [2.05, 4.69) is 39.6 Å². The van der Waals surface area contributed by atoms with Gasteiger partial charge in [0, 0.05) is 11.4 Å². The zero-order valence-electron chi connectivity index (χ0n) is 16.8. The Morgan fingerprint density at radius 3 is 1.14 bits per heavy atom. The highest BCUT2D eigenvalue weighted by Gasteiger charge is 2.10. The van der Waals surface area contributed by atoms with E-state index in [0.29, 0.717) is 0 Å². The molecule has 0 N–H and O–H groups in total. The van der Waals surface area contributed by atoms with E-state index in [1.165, 1.54) is 53.8 Å². The van der Waals surface area contributed by atoms with E-state index in [4.69, 9.17) is 0 Å². The van der Waals surface area contributed by atoms with Gasteiger partial charge in [0.2, 0.25) is 0 Å². The second-order valence-corrected chi connectivity index (χ2v) is 4.36. The van der Waals surface area contributed by atoms with Gasteiger partial charge >= 0.3 is 0 Å². The van der Waals surface area contributed by atoms with Crippen LogP contribution in [-0.4, -0.2) is 4.98 Å². The molecular formula is C20H41N. The van der Waals surface area contributed by atoms with E-state index in [-0.39, 0.29) is 0 Å². The largest absolute Gasteiger partial charge is 0.258 e. The Kier molecular flexibility index (Phi) is 20.6. The first-order chi connectivity index (χ1) is 10.1. The molecule has 1 aromatic rings. The van der Waals surface area contributed by atoms with Gasteiger partial charge in [0.05, 0.1) is 0 Å². The van der Waals surface area contributed by atoms with Gasteiger partial charge in [0.15, 0.2) is 0 Å². The predicted octanol–water partition coefficient (Wildman–Crippen LogP) is 6.99. The van der Waals surface area contributed by atoms with Gasteiger partial charge in [-0.2, -0.15) is 0 Å². The van der Waals surface area contributed by atoms with E-state index in [9.17, 15) is 0 Å². The lowest BCUT2D eigenvalue weighted by molar-refractivity contribution is 0.839. The van der Waals surface area contributed by atoms with E-state index >= 15 is 0 Å². The first kappa shape index (κ1) is 25.1. The van der Waals surface area contributed by atoms with Gasteiger partial charge in [-0.15, -0.1) is 0 Å². The molecule has 0 saturated carbocycles. The highest BCUT2D eigenvalue weighted by atomic mass is 14.7. The molecule has 1 aromatic heterocycles. The molecule has 1 nitrogen and oxygen atoms in total. The van der Waals surface area contributed by atoms with Gasteiger partial charge in [0.1, 0.15) is 0 Å². The fraction of sp³-hybridized carbons (Fsp3) is 0.750. The monoisotopic (exact) mass is 295 g/mol. The second kappa shape index (κ2) is 17.2. The van der Waals surface area contributed by atoms with Crippen LogP contribution in [0.15, 0.2) is 0 Å². The number of pyridine rings is 1. The fourth-order valence-corrected chi connectivity index (χ4v) is 2.35. The summed E-state index contributed by atoms with van der Waals surface area (Å²) in [5.41, 5.74) is 6.90. The van der Waals surface area contributed by atoms with Crippen molar-refractivity contribution >= 4 is 0 Å². The van der Waals surface area contributed by atoms with Crippen LogP contribution >= 0.6 is 0 Å². The molecule has 1 heteroatoms. The Hall–Kier alpha value is -0.850. The summed E-state index contributed by atoms with van der Waals surface area (Å²) in [6.45, 7) is 23.0. The van der Waals surface area contributed by atoms with Gasteiger partial charge in [-0.1, -0.05) is 68.2 Å². The van der Waals surface area contributed by atoms with Crippen LogP contribution in [0.2, 0.25) is 0 Å². The topological polar surface area (TPSA) is 12.9 Å². The second-order valence-electron chi connectivity index (χ2n) is 4.36. The van der Waals surface area contributed by atoms with Gasteiger partial charge in [-0.3, -0.25) is 4.98 Å². The first-order valence-electron chi connectivity index (χ1n) is 9.07. The molecule has 0 atom stereocenters. The summed E-state index contributed by atoms with van der Waals surface area (Å²) in [6, 6.07) is 0. The maximum atomic E-state index is 4.67. The van der Waals surface area contributed by atoms with E-state index in [1.54, 1.807) is 0 Å². The van der Waals surface area contributed by atoms with E-state index in [1.807, 2.05) is 41.5 Å². The summed E-state index contributed by atoms with van der Waals surface area (Å²) in [5, 5.41) is 0. The summed E-state index contributed by atoms with van der Waals surface area (Å²) >= 11 is 0. The Morgan fingerprint density at radius 2 is 0.905 bits per heavy atom. The van der Waals surface area contributed by atoms with Crippen LogP contribution in [-0.2, 0) is 12.8 Å². The van der Waals surface area contributed by atoms with Crippen molar-refractivity contribution in [2.24, 2.45) is 0 Å². The molecule has 126 valence electrons. The minimum absolute atomic E-state index is 1.17. The van der Waals surface area contributed by atoms with Crippen LogP contribution < -0.4 is 0 Å². The quantitative estimate of drug-likeness (QED) is 0.583. The molecule has 0 radical (unpaired) electrons. The van der Waals surface area contributed by atoms with E-state index < -0.39 is 0 Å². The lowest BCUT2D eigenvalue weighted by atomic mass is 9.94. The molecule has 0 fully saturated rings. The lowest BCUT2D eigenvalue weighted by Gasteiger charge is -2.15. The standard InChI is InChI=1S/C14H23N.3C2H6/c1-6-8-13-10(3)14(9-7-2)12(5)15-11(13)4;3*1-2/h6-9H2,1-5H3;3*1-2H3. The van der Waals surface area contributed by atoms with Gasteiger partial charge in [-0.25, -0.2) is 0 Å². The number of aromatic nitrogens is 1. The van der Waals surface area contributed by atoms with Crippen LogP contribution in [0.1, 0.15) is 96.3 Å². The van der Waals surface area contributed by atoms with Crippen molar-refractivity contribution in [1.29, 1.82) is 0 Å². The molecule has 0 saturated heterocycles. The third-order valence-electron chi connectivity index (χ3n) is 3.11. The van der Waals surface area contributed by atoms with Crippen LogP contribution in [0, 0.1) is 20.8 Å². The molecule has 0 bridgehead atoms. The lowest BCUT2D eigenvalue weighted by Crippen LogP contribution is -2.05. The minimum atomic E-state index is 1.17. The zero-order chi connectivity index (χ0) is 17.4. The SMILES string of the molecule is CC.CC.CC.CCCc1c(C)nc(C)c(CCC)c1C. The third-order valence-corrected chi connectivity index (χ3v) is 3.11. The van der Waals surface area contributed by atoms with Crippen molar-refractivity contribution in [1.82, 2.24) is 4.98 Å². The molecule has 21 heavy (non-hydrogen) atoms. The fourth-order valence-electron chi connectivity index (χ4n) is 2.35. The summed E-state index contributed by atoms with van der Waals surface area (Å²) in [6.07, 6.45) is 4.75. The summed E-state index contributed by atoms with van der Waals surface area (Å²) in [4.78, 5) is 4.67. The predicted molar refractivity (Wildman–Crippen MR) is 100 cm³/mol. The molecule has 1 rings (SSSR count). The van der Waals surface area contributed by atoms with Gasteiger partial charge in [-0.05, 0) is 50.3 Å². The maximum Gasteiger partial charge on any atom is 0.0410 e. The summed E-state index contributed by atoms with van der Waals surface area (Å²) in [7, 11) is 0. The van der Waals surface area contributed by atoms with E-state index in [0.717, 1.165) is 0 Å². The molecule has 0 aliphatic heterocycles. The average molecular weight is 296 g/mol. The molecule has 1 heterocycles.